The lowest BCUT2D eigenvalue weighted by molar-refractivity contribution is 0.0664. The number of nitrogens with zero attached hydrogens (tertiary/aromatic N) is 4. The molecule has 1 aromatic carbocycles. The van der Waals surface area contributed by atoms with E-state index in [1.54, 1.807) is 23.1 Å². The van der Waals surface area contributed by atoms with Crippen LogP contribution in [0.5, 0.6) is 0 Å². The van der Waals surface area contributed by atoms with Crippen LogP contribution in [0.2, 0.25) is 0 Å². The Morgan fingerprint density at radius 3 is 2.56 bits per heavy atom. The average molecular weight is 342 g/mol. The second-order valence-corrected chi connectivity index (χ2v) is 5.90. The highest BCUT2D eigenvalue weighted by Crippen LogP contribution is 2.29. The Kier molecular flexibility index (Phi) is 4.01. The van der Waals surface area contributed by atoms with Crippen LogP contribution < -0.4 is 0 Å². The van der Waals surface area contributed by atoms with Crippen molar-refractivity contribution in [3.8, 4) is 11.5 Å². The summed E-state index contributed by atoms with van der Waals surface area (Å²) in [7, 11) is 0. The normalized spacial score (nSPS) is 15.5. The number of carbonyl (C=O) groups excluding carboxylic acids is 1. The van der Waals surface area contributed by atoms with Crippen molar-refractivity contribution in [1.82, 2.24) is 20.3 Å². The van der Waals surface area contributed by atoms with Crippen molar-refractivity contribution in [3.05, 3.63) is 54.0 Å². The number of aromatic nitrogens is 3. The molecule has 1 saturated heterocycles. The van der Waals surface area contributed by atoms with Crippen LogP contribution in [0.4, 0.5) is 4.39 Å². The number of carbonyl (C=O) groups is 1. The molecule has 128 valence electrons. The summed E-state index contributed by atoms with van der Waals surface area (Å²) in [5.41, 5.74) is 0.679. The molecule has 4 rings (SSSR count). The smallest absolute Gasteiger partial charge is 0.292 e. The minimum absolute atomic E-state index is 0.0977. The third-order valence-corrected chi connectivity index (χ3v) is 4.31. The van der Waals surface area contributed by atoms with E-state index in [0.717, 1.165) is 12.8 Å². The SMILES string of the molecule is O=C(c1ccno1)N1CCC(c2nnc(-c3ccc(F)cc3)o2)CC1. The molecule has 0 N–H and O–H groups in total. The average Bonchev–Trinajstić information content (AvgIpc) is 3.34. The van der Waals surface area contributed by atoms with Gasteiger partial charge in [-0.2, -0.15) is 0 Å². The molecule has 0 atom stereocenters. The summed E-state index contributed by atoms with van der Waals surface area (Å²) < 4.78 is 23.6. The molecule has 7 nitrogen and oxygen atoms in total. The second kappa shape index (κ2) is 6.46. The summed E-state index contributed by atoms with van der Waals surface area (Å²) in [5.74, 6) is 0.789. The van der Waals surface area contributed by atoms with Crippen LogP contribution in [-0.4, -0.2) is 39.3 Å². The van der Waals surface area contributed by atoms with E-state index in [0.29, 0.717) is 30.4 Å². The highest BCUT2D eigenvalue weighted by Gasteiger charge is 2.29. The van der Waals surface area contributed by atoms with Gasteiger partial charge in [0.25, 0.3) is 5.91 Å². The van der Waals surface area contributed by atoms with Crippen molar-refractivity contribution >= 4 is 5.91 Å². The molecule has 0 spiro atoms. The molecule has 0 bridgehead atoms. The molecule has 25 heavy (non-hydrogen) atoms. The van der Waals surface area contributed by atoms with E-state index in [-0.39, 0.29) is 23.4 Å². The van der Waals surface area contributed by atoms with Crippen molar-refractivity contribution in [2.24, 2.45) is 0 Å². The maximum Gasteiger partial charge on any atom is 0.292 e. The zero-order chi connectivity index (χ0) is 17.2. The first-order valence-corrected chi connectivity index (χ1v) is 8.00. The molecule has 1 amide bonds. The number of likely N-dealkylation sites (tertiary alicyclic amines) is 1. The van der Waals surface area contributed by atoms with Crippen LogP contribution in [0.15, 0.2) is 45.5 Å². The van der Waals surface area contributed by atoms with E-state index in [9.17, 15) is 9.18 Å². The van der Waals surface area contributed by atoms with Crippen molar-refractivity contribution in [2.45, 2.75) is 18.8 Å². The number of amides is 1. The number of hydrogen-bond acceptors (Lipinski definition) is 6. The van der Waals surface area contributed by atoms with E-state index in [1.807, 2.05) is 0 Å². The Hall–Kier alpha value is -3.03. The monoisotopic (exact) mass is 342 g/mol. The number of hydrogen-bond donors (Lipinski definition) is 0. The van der Waals surface area contributed by atoms with Gasteiger partial charge in [0.05, 0.1) is 6.20 Å². The van der Waals surface area contributed by atoms with Crippen LogP contribution in [0, 0.1) is 5.82 Å². The lowest BCUT2D eigenvalue weighted by Gasteiger charge is -2.29. The van der Waals surface area contributed by atoms with E-state index >= 15 is 0 Å². The summed E-state index contributed by atoms with van der Waals surface area (Å²) >= 11 is 0. The van der Waals surface area contributed by atoms with E-state index in [4.69, 9.17) is 8.94 Å². The molecule has 1 aliphatic heterocycles. The van der Waals surface area contributed by atoms with Gasteiger partial charge in [-0.15, -0.1) is 10.2 Å². The third-order valence-electron chi connectivity index (χ3n) is 4.31. The summed E-state index contributed by atoms with van der Waals surface area (Å²) in [4.78, 5) is 14.0. The van der Waals surface area contributed by atoms with Gasteiger partial charge in [-0.25, -0.2) is 4.39 Å². The summed E-state index contributed by atoms with van der Waals surface area (Å²) in [6.45, 7) is 1.16. The largest absolute Gasteiger partial charge is 0.420 e. The van der Waals surface area contributed by atoms with Gasteiger partial charge in [-0.1, -0.05) is 5.16 Å². The number of rotatable bonds is 3. The lowest BCUT2D eigenvalue weighted by atomic mass is 9.96. The van der Waals surface area contributed by atoms with E-state index in [2.05, 4.69) is 15.4 Å². The molecule has 0 radical (unpaired) electrons. The van der Waals surface area contributed by atoms with Gasteiger partial charge in [0.1, 0.15) is 5.82 Å². The van der Waals surface area contributed by atoms with Gasteiger partial charge in [0.15, 0.2) is 0 Å². The van der Waals surface area contributed by atoms with Gasteiger partial charge in [-0.3, -0.25) is 4.79 Å². The molecular formula is C17H15FN4O3. The first kappa shape index (κ1) is 15.5. The summed E-state index contributed by atoms with van der Waals surface area (Å²) in [6.07, 6.45) is 2.91. The minimum Gasteiger partial charge on any atom is -0.420 e. The first-order chi connectivity index (χ1) is 12.2. The highest BCUT2D eigenvalue weighted by atomic mass is 19.1. The van der Waals surface area contributed by atoms with Crippen molar-refractivity contribution in [1.29, 1.82) is 0 Å². The van der Waals surface area contributed by atoms with Crippen LogP contribution in [0.3, 0.4) is 0 Å². The quantitative estimate of drug-likeness (QED) is 0.727. The minimum atomic E-state index is -0.313. The van der Waals surface area contributed by atoms with Crippen molar-refractivity contribution in [2.75, 3.05) is 13.1 Å². The number of halogens is 1. The maximum atomic E-state index is 13.0. The zero-order valence-corrected chi connectivity index (χ0v) is 13.3. The predicted molar refractivity (Wildman–Crippen MR) is 84.1 cm³/mol. The van der Waals surface area contributed by atoms with Gasteiger partial charge >= 0.3 is 0 Å². The number of piperidine rings is 1. The molecule has 2 aromatic heterocycles. The second-order valence-electron chi connectivity index (χ2n) is 5.90. The van der Waals surface area contributed by atoms with E-state index in [1.165, 1.54) is 18.3 Å². The Balaban J connectivity index is 1.41. The Bertz CT molecular complexity index is 852. The third kappa shape index (κ3) is 3.15. The Morgan fingerprint density at radius 2 is 1.88 bits per heavy atom. The lowest BCUT2D eigenvalue weighted by Crippen LogP contribution is -2.37. The fourth-order valence-electron chi connectivity index (χ4n) is 2.92. The molecule has 8 heteroatoms. The highest BCUT2D eigenvalue weighted by molar-refractivity contribution is 5.91. The molecular weight excluding hydrogens is 327 g/mol. The van der Waals surface area contributed by atoms with Gasteiger partial charge in [0.2, 0.25) is 17.5 Å². The molecule has 3 aromatic rings. The van der Waals surface area contributed by atoms with Crippen LogP contribution in [0.25, 0.3) is 11.5 Å². The van der Waals surface area contributed by atoms with Crippen molar-refractivity contribution < 1.29 is 18.1 Å². The molecule has 1 aliphatic rings. The fraction of sp³-hybridized carbons (Fsp3) is 0.294. The Labute approximate surface area is 142 Å². The van der Waals surface area contributed by atoms with Crippen LogP contribution in [0.1, 0.15) is 35.2 Å². The molecule has 3 heterocycles. The molecule has 1 fully saturated rings. The predicted octanol–water partition coefficient (Wildman–Crippen LogP) is 2.88. The maximum absolute atomic E-state index is 13.0. The van der Waals surface area contributed by atoms with Gasteiger partial charge in [0, 0.05) is 30.6 Å². The number of benzene rings is 1. The van der Waals surface area contributed by atoms with Crippen molar-refractivity contribution in [3.63, 3.8) is 0 Å². The molecule has 0 aliphatic carbocycles. The topological polar surface area (TPSA) is 85.3 Å². The van der Waals surface area contributed by atoms with E-state index < -0.39 is 0 Å². The van der Waals surface area contributed by atoms with Crippen LogP contribution >= 0.6 is 0 Å². The molecule has 0 saturated carbocycles. The van der Waals surface area contributed by atoms with Gasteiger partial charge < -0.3 is 13.8 Å². The summed E-state index contributed by atoms with van der Waals surface area (Å²) in [5, 5.41) is 11.7. The Morgan fingerprint density at radius 1 is 1.12 bits per heavy atom. The van der Waals surface area contributed by atoms with Gasteiger partial charge in [-0.05, 0) is 37.1 Å². The van der Waals surface area contributed by atoms with Crippen LogP contribution in [-0.2, 0) is 0 Å². The first-order valence-electron chi connectivity index (χ1n) is 8.00. The zero-order valence-electron chi connectivity index (χ0n) is 13.3. The standard InChI is InChI=1S/C17H15FN4O3/c18-13-3-1-11(2-4-13)15-20-21-16(24-15)12-6-9-22(10-7-12)17(23)14-5-8-19-25-14/h1-5,8,12H,6-7,9-10H2. The fourth-order valence-corrected chi connectivity index (χ4v) is 2.92. The molecule has 0 unspecified atom stereocenters. The summed E-state index contributed by atoms with van der Waals surface area (Å²) in [6, 6.07) is 7.47.